The molecule has 1 atom stereocenters. The fourth-order valence-corrected chi connectivity index (χ4v) is 2.73. The van der Waals surface area contributed by atoms with Gasteiger partial charge < -0.3 is 15.4 Å². The van der Waals surface area contributed by atoms with Crippen molar-refractivity contribution in [3.8, 4) is 5.75 Å². The first-order valence-electron chi connectivity index (χ1n) is 9.10. The van der Waals surface area contributed by atoms with Crippen molar-refractivity contribution in [3.63, 3.8) is 0 Å². The average Bonchev–Trinajstić information content (AvgIpc) is 2.69. The highest BCUT2D eigenvalue weighted by molar-refractivity contribution is 6.01. The fourth-order valence-electron chi connectivity index (χ4n) is 2.73. The molecule has 1 aliphatic carbocycles. The average molecular weight is 425 g/mol. The normalized spacial score (nSPS) is 15.7. The van der Waals surface area contributed by atoms with E-state index in [2.05, 4.69) is 25.6 Å². The lowest BCUT2D eigenvalue weighted by atomic mass is 9.97. The molecule has 0 radical (unpaired) electrons. The van der Waals surface area contributed by atoms with Crippen molar-refractivity contribution >= 4 is 28.9 Å². The van der Waals surface area contributed by atoms with Crippen LogP contribution in [0.5, 0.6) is 5.75 Å². The monoisotopic (exact) mass is 425 g/mol. The number of benzene rings is 1. The molecule has 0 amide bonds. The number of carbonyl (C=O) groups excluding carboxylic acids is 1. The van der Waals surface area contributed by atoms with Gasteiger partial charge in [0, 0.05) is 17.7 Å². The predicted octanol–water partition coefficient (Wildman–Crippen LogP) is 4.42. The highest BCUT2D eigenvalue weighted by atomic mass is 19.4. The second-order valence-electron chi connectivity index (χ2n) is 6.64. The van der Waals surface area contributed by atoms with Crippen molar-refractivity contribution in [2.75, 3.05) is 17.7 Å². The van der Waals surface area contributed by atoms with E-state index in [4.69, 9.17) is 4.74 Å². The number of allylic oxidation sites excluding steroid dienone is 2. The topological polar surface area (TPSA) is 89.0 Å². The highest BCUT2D eigenvalue weighted by Gasteiger charge is 2.36. The van der Waals surface area contributed by atoms with Crippen LogP contribution in [0.1, 0.15) is 32.0 Å². The molecule has 160 valence electrons. The third kappa shape index (κ3) is 5.02. The Bertz CT molecular complexity index is 960. The van der Waals surface area contributed by atoms with Crippen molar-refractivity contribution in [2.24, 2.45) is 0 Å². The van der Waals surface area contributed by atoms with Gasteiger partial charge in [0.2, 0.25) is 11.9 Å². The molecule has 0 fully saturated rings. The van der Waals surface area contributed by atoms with Crippen LogP contribution >= 0.6 is 0 Å². The molecular weight excluding hydrogens is 406 g/mol. The summed E-state index contributed by atoms with van der Waals surface area (Å²) in [7, 11) is 1.51. The van der Waals surface area contributed by atoms with Gasteiger partial charge in [-0.25, -0.2) is 4.39 Å². The second kappa shape index (κ2) is 8.64. The number of ether oxygens (including phenoxy) is 1. The number of aromatic nitrogens is 3. The summed E-state index contributed by atoms with van der Waals surface area (Å²) in [5, 5.41) is 5.00. The van der Waals surface area contributed by atoms with E-state index in [1.165, 1.54) is 7.11 Å². The van der Waals surface area contributed by atoms with Gasteiger partial charge in [-0.2, -0.15) is 28.1 Å². The first kappa shape index (κ1) is 21.5. The van der Waals surface area contributed by atoms with Crippen molar-refractivity contribution in [1.29, 1.82) is 0 Å². The van der Waals surface area contributed by atoms with Crippen molar-refractivity contribution < 1.29 is 27.1 Å². The summed E-state index contributed by atoms with van der Waals surface area (Å²) in [6, 6.07) is 4.68. The van der Waals surface area contributed by atoms with Crippen LogP contribution in [0.15, 0.2) is 30.1 Å². The first-order valence-corrected chi connectivity index (χ1v) is 9.10. The molecule has 0 aliphatic heterocycles. The summed E-state index contributed by atoms with van der Waals surface area (Å²) in [6.45, 7) is 0.907. The number of hydrogen-bond donors (Lipinski definition) is 2. The zero-order chi connectivity index (χ0) is 21.9. The van der Waals surface area contributed by atoms with Crippen LogP contribution < -0.4 is 15.4 Å². The van der Waals surface area contributed by atoms with Crippen LogP contribution in [-0.4, -0.2) is 40.1 Å². The number of hydrogen-bond acceptors (Lipinski definition) is 7. The van der Waals surface area contributed by atoms with E-state index in [1.54, 1.807) is 24.3 Å². The first-order chi connectivity index (χ1) is 14.2. The van der Waals surface area contributed by atoms with E-state index in [1.807, 2.05) is 0 Å². The predicted molar refractivity (Wildman–Crippen MR) is 102 cm³/mol. The molecule has 2 N–H and O–H groups in total. The Labute approximate surface area is 169 Å². The Morgan fingerprint density at radius 1 is 1.07 bits per heavy atom. The van der Waals surface area contributed by atoms with Gasteiger partial charge >= 0.3 is 6.18 Å². The second-order valence-corrected chi connectivity index (χ2v) is 6.64. The quantitative estimate of drug-likeness (QED) is 0.663. The van der Waals surface area contributed by atoms with Gasteiger partial charge in [0.1, 0.15) is 11.8 Å². The fraction of sp³-hybridized carbons (Fsp3) is 0.368. The number of methoxy groups -OCH3 is 1. The molecule has 1 aromatic heterocycles. The van der Waals surface area contributed by atoms with E-state index < -0.39 is 23.8 Å². The Morgan fingerprint density at radius 3 is 2.37 bits per heavy atom. The molecule has 0 saturated carbocycles. The number of nitrogens with zero attached hydrogens (tertiary/aromatic N) is 3. The highest BCUT2D eigenvalue weighted by Crippen LogP contribution is 2.31. The lowest BCUT2D eigenvalue weighted by Crippen LogP contribution is -2.34. The third-order valence-corrected chi connectivity index (χ3v) is 4.43. The molecule has 1 aliphatic rings. The number of ketones is 1. The van der Waals surface area contributed by atoms with Gasteiger partial charge in [-0.15, -0.1) is 0 Å². The van der Waals surface area contributed by atoms with Crippen LogP contribution in [0, 0.1) is 0 Å². The lowest BCUT2D eigenvalue weighted by molar-refractivity contribution is -0.138. The number of nitrogens with one attached hydrogen (secondary N) is 2. The number of Topliss-reactive ketones (excluding diaryl/α,β-unsaturated/α-hetero) is 1. The summed E-state index contributed by atoms with van der Waals surface area (Å²) < 4.78 is 58.3. The Balaban J connectivity index is 1.99. The Morgan fingerprint density at radius 2 is 1.73 bits per heavy atom. The van der Waals surface area contributed by atoms with Crippen LogP contribution in [0.25, 0.3) is 5.57 Å². The summed E-state index contributed by atoms with van der Waals surface area (Å²) in [6.07, 6.45) is -3.89. The minimum Gasteiger partial charge on any atom is -0.497 e. The molecule has 0 bridgehead atoms. The maximum absolute atomic E-state index is 14.3. The number of alkyl halides is 3. The molecular formula is C19H19F4N5O2. The molecule has 1 aromatic carbocycles. The largest absolute Gasteiger partial charge is 0.497 e. The zero-order valence-electron chi connectivity index (χ0n) is 16.2. The molecule has 0 saturated heterocycles. The van der Waals surface area contributed by atoms with Crippen LogP contribution in [0.4, 0.5) is 35.1 Å². The van der Waals surface area contributed by atoms with E-state index in [0.29, 0.717) is 17.9 Å². The van der Waals surface area contributed by atoms with Crippen LogP contribution in [0.2, 0.25) is 0 Å². The molecule has 11 heteroatoms. The molecule has 2 aromatic rings. The molecule has 3 rings (SSSR count). The van der Waals surface area contributed by atoms with Gasteiger partial charge in [0.15, 0.2) is 17.4 Å². The summed E-state index contributed by atoms with van der Waals surface area (Å²) in [5.41, 5.74) is 0.478. The van der Waals surface area contributed by atoms with Crippen LogP contribution in [-0.2, 0) is 4.79 Å². The van der Waals surface area contributed by atoms with Gasteiger partial charge in [0.25, 0.3) is 0 Å². The van der Waals surface area contributed by atoms with Gasteiger partial charge in [0.05, 0.1) is 7.11 Å². The molecule has 30 heavy (non-hydrogen) atoms. The minimum atomic E-state index is -4.54. The van der Waals surface area contributed by atoms with E-state index >= 15 is 0 Å². The smallest absolute Gasteiger partial charge is 0.408 e. The van der Waals surface area contributed by atoms with E-state index in [9.17, 15) is 22.4 Å². The summed E-state index contributed by atoms with van der Waals surface area (Å²) in [5.74, 6) is -1.73. The zero-order valence-corrected chi connectivity index (χ0v) is 16.2. The number of carbonyl (C=O) groups is 1. The van der Waals surface area contributed by atoms with E-state index in [0.717, 1.165) is 6.92 Å². The Hall–Kier alpha value is -3.24. The number of halogens is 4. The lowest BCUT2D eigenvalue weighted by Gasteiger charge is -2.19. The van der Waals surface area contributed by atoms with Crippen LogP contribution in [0.3, 0.4) is 0 Å². The minimum absolute atomic E-state index is 0.0471. The third-order valence-electron chi connectivity index (χ3n) is 4.43. The van der Waals surface area contributed by atoms with Crippen molar-refractivity contribution in [2.45, 2.75) is 38.4 Å². The SMILES string of the molecule is COc1ccc(Nc2nc(N[C@H](C)C(F)(F)F)nc(C3=C(F)C(=O)CCC3)n2)cc1. The summed E-state index contributed by atoms with van der Waals surface area (Å²) in [4.78, 5) is 23.7. The molecule has 0 spiro atoms. The standard InChI is InChI=1S/C19H19F4N5O2/c1-10(19(21,22)23)24-17-26-16(13-4-3-5-14(29)15(13)20)27-18(28-17)25-11-6-8-12(30-2)9-7-11/h6-10H,3-5H2,1-2H3,(H2,24,25,26,27,28)/t10-/m1/s1. The number of anilines is 3. The summed E-state index contributed by atoms with van der Waals surface area (Å²) >= 11 is 0. The molecule has 7 nitrogen and oxygen atoms in total. The van der Waals surface area contributed by atoms with Gasteiger partial charge in [-0.1, -0.05) is 0 Å². The number of rotatable bonds is 6. The van der Waals surface area contributed by atoms with Gasteiger partial charge in [-0.3, -0.25) is 4.79 Å². The van der Waals surface area contributed by atoms with Crippen molar-refractivity contribution in [1.82, 2.24) is 15.0 Å². The maximum Gasteiger partial charge on any atom is 0.408 e. The molecule has 1 heterocycles. The Kier molecular flexibility index (Phi) is 6.18. The van der Waals surface area contributed by atoms with E-state index in [-0.39, 0.29) is 36.1 Å². The maximum atomic E-state index is 14.3. The van der Waals surface area contributed by atoms with Gasteiger partial charge in [-0.05, 0) is 44.0 Å². The molecule has 0 unspecified atom stereocenters. The van der Waals surface area contributed by atoms with Crippen molar-refractivity contribution in [3.05, 3.63) is 35.9 Å².